The fourth-order valence-corrected chi connectivity index (χ4v) is 5.72. The largest absolute Gasteiger partial charge is 0.497 e. The normalized spacial score (nSPS) is 15.1. The SMILES string of the molecule is C=CCOC(=O)C1=C(C)N=c2s/c(=C/c3ccc(-c4cccc(Cl)c4Cl)o3)c(=O)n2[C@@H]1c1ccc(OC)cc1. The quantitative estimate of drug-likeness (QED) is 0.212. The van der Waals surface area contributed by atoms with Gasteiger partial charge in [-0.3, -0.25) is 9.36 Å². The summed E-state index contributed by atoms with van der Waals surface area (Å²) in [5.74, 6) is 1.05. The third-order valence-electron chi connectivity index (χ3n) is 6.12. The van der Waals surface area contributed by atoms with Crippen molar-refractivity contribution in [1.82, 2.24) is 4.57 Å². The molecule has 1 aliphatic heterocycles. The Morgan fingerprint density at radius 2 is 1.95 bits per heavy atom. The minimum atomic E-state index is -0.746. The van der Waals surface area contributed by atoms with Gasteiger partial charge in [0, 0.05) is 11.6 Å². The van der Waals surface area contributed by atoms with Gasteiger partial charge in [0.15, 0.2) is 4.80 Å². The molecule has 0 saturated carbocycles. The molecule has 10 heteroatoms. The first-order valence-electron chi connectivity index (χ1n) is 11.8. The second-order valence-electron chi connectivity index (χ2n) is 8.55. The Kier molecular flexibility index (Phi) is 7.61. The molecule has 7 nitrogen and oxygen atoms in total. The van der Waals surface area contributed by atoms with Crippen molar-refractivity contribution in [3.05, 3.63) is 120 Å². The topological polar surface area (TPSA) is 83.0 Å². The van der Waals surface area contributed by atoms with Gasteiger partial charge in [-0.2, -0.15) is 0 Å². The monoisotopic (exact) mass is 580 g/mol. The van der Waals surface area contributed by atoms with Gasteiger partial charge < -0.3 is 13.9 Å². The molecule has 0 radical (unpaired) electrons. The highest BCUT2D eigenvalue weighted by atomic mass is 35.5. The second kappa shape index (κ2) is 11.1. The van der Waals surface area contributed by atoms with Gasteiger partial charge in [-0.05, 0) is 48.9 Å². The summed E-state index contributed by atoms with van der Waals surface area (Å²) in [6.07, 6.45) is 3.13. The molecular formula is C29H22Cl2N2O5S. The minimum absolute atomic E-state index is 0.0346. The van der Waals surface area contributed by atoms with E-state index < -0.39 is 12.0 Å². The molecule has 5 rings (SSSR count). The van der Waals surface area contributed by atoms with Crippen LogP contribution in [0.2, 0.25) is 10.0 Å². The number of methoxy groups -OCH3 is 1. The van der Waals surface area contributed by atoms with Crippen LogP contribution in [0.3, 0.4) is 0 Å². The molecule has 0 amide bonds. The first-order chi connectivity index (χ1) is 18.8. The van der Waals surface area contributed by atoms with E-state index in [2.05, 4.69) is 11.6 Å². The number of ether oxygens (including phenoxy) is 2. The summed E-state index contributed by atoms with van der Waals surface area (Å²) < 4.78 is 18.5. The summed E-state index contributed by atoms with van der Waals surface area (Å²) in [4.78, 5) is 31.9. The number of thiazole rings is 1. The maximum absolute atomic E-state index is 13.8. The number of aromatic nitrogens is 1. The lowest BCUT2D eigenvalue weighted by Gasteiger charge is -2.24. The number of nitrogens with zero attached hydrogens (tertiary/aromatic N) is 2. The number of hydrogen-bond donors (Lipinski definition) is 0. The van der Waals surface area contributed by atoms with Gasteiger partial charge in [-0.15, -0.1) is 0 Å². The molecule has 0 fully saturated rings. The molecule has 1 atom stereocenters. The van der Waals surface area contributed by atoms with Gasteiger partial charge in [0.25, 0.3) is 5.56 Å². The van der Waals surface area contributed by atoms with E-state index in [4.69, 9.17) is 37.1 Å². The van der Waals surface area contributed by atoms with Crippen molar-refractivity contribution in [3.63, 3.8) is 0 Å². The third kappa shape index (κ3) is 5.11. The molecule has 3 heterocycles. The average Bonchev–Trinajstić information content (AvgIpc) is 3.52. The zero-order chi connectivity index (χ0) is 27.7. The zero-order valence-corrected chi connectivity index (χ0v) is 23.3. The van der Waals surface area contributed by atoms with E-state index in [1.807, 2.05) is 12.1 Å². The van der Waals surface area contributed by atoms with Gasteiger partial charge in [-0.1, -0.05) is 65.4 Å². The summed E-state index contributed by atoms with van der Waals surface area (Å²) in [7, 11) is 1.57. The number of carbonyl (C=O) groups is 1. The maximum Gasteiger partial charge on any atom is 0.338 e. The highest BCUT2D eigenvalue weighted by Crippen LogP contribution is 2.35. The number of furan rings is 1. The number of rotatable bonds is 7. The number of halogens is 2. The fraction of sp³-hybridized carbons (Fsp3) is 0.138. The van der Waals surface area contributed by atoms with E-state index in [1.54, 1.807) is 62.6 Å². The Morgan fingerprint density at radius 1 is 1.18 bits per heavy atom. The molecule has 0 saturated heterocycles. The summed E-state index contributed by atoms with van der Waals surface area (Å²) in [5.41, 5.74) is 1.77. The standard InChI is InChI=1S/C29H22Cl2N2O5S/c1-4-14-37-28(35)24-16(2)32-29-33(26(24)17-8-10-18(36-3)11-9-17)27(34)23(39-29)15-19-12-13-22(38-19)20-6-5-7-21(30)25(20)31/h4-13,15,26H,1,14H2,2-3H3/b23-15+/t26-/m1/s1. The molecule has 198 valence electrons. The molecular weight excluding hydrogens is 559 g/mol. The van der Waals surface area contributed by atoms with Crippen molar-refractivity contribution < 1.29 is 18.7 Å². The molecule has 0 spiro atoms. The van der Waals surface area contributed by atoms with Crippen LogP contribution in [-0.4, -0.2) is 24.3 Å². The lowest BCUT2D eigenvalue weighted by Crippen LogP contribution is -2.39. The van der Waals surface area contributed by atoms with Crippen molar-refractivity contribution in [1.29, 1.82) is 0 Å². The van der Waals surface area contributed by atoms with Crippen molar-refractivity contribution in [2.45, 2.75) is 13.0 Å². The maximum atomic E-state index is 13.8. The van der Waals surface area contributed by atoms with Crippen molar-refractivity contribution in [3.8, 4) is 17.1 Å². The number of esters is 1. The Morgan fingerprint density at radius 3 is 2.67 bits per heavy atom. The molecule has 0 unspecified atom stereocenters. The van der Waals surface area contributed by atoms with Gasteiger partial charge in [0.05, 0.1) is 39.0 Å². The highest BCUT2D eigenvalue weighted by Gasteiger charge is 2.33. The smallest absolute Gasteiger partial charge is 0.338 e. The number of fused-ring (bicyclic) bond motifs is 1. The molecule has 2 aromatic carbocycles. The molecule has 39 heavy (non-hydrogen) atoms. The predicted molar refractivity (Wildman–Crippen MR) is 152 cm³/mol. The molecule has 4 aromatic rings. The van der Waals surface area contributed by atoms with Crippen molar-refractivity contribution in [2.24, 2.45) is 4.99 Å². The lowest BCUT2D eigenvalue weighted by atomic mass is 9.96. The number of benzene rings is 2. The van der Waals surface area contributed by atoms with Crippen LogP contribution in [0.5, 0.6) is 5.75 Å². The fourth-order valence-electron chi connectivity index (χ4n) is 4.30. The Hall–Kier alpha value is -3.85. The second-order valence-corrected chi connectivity index (χ2v) is 10.3. The average molecular weight is 581 g/mol. The molecule has 0 bridgehead atoms. The molecule has 0 aliphatic carbocycles. The minimum Gasteiger partial charge on any atom is -0.497 e. The zero-order valence-electron chi connectivity index (χ0n) is 20.9. The molecule has 0 N–H and O–H groups in total. The summed E-state index contributed by atoms with van der Waals surface area (Å²) in [6.45, 7) is 5.37. The van der Waals surface area contributed by atoms with Crippen LogP contribution in [0.25, 0.3) is 17.4 Å². The number of allylic oxidation sites excluding steroid dienone is 1. The van der Waals surface area contributed by atoms with Crippen LogP contribution >= 0.6 is 34.5 Å². The van der Waals surface area contributed by atoms with Gasteiger partial charge in [0.2, 0.25) is 0 Å². The van der Waals surface area contributed by atoms with Crippen LogP contribution < -0.4 is 19.6 Å². The Labute approximate surface area is 237 Å². The summed E-state index contributed by atoms with van der Waals surface area (Å²) in [5, 5.41) is 0.794. The van der Waals surface area contributed by atoms with E-state index in [-0.39, 0.29) is 17.7 Å². The lowest BCUT2D eigenvalue weighted by molar-refractivity contribution is -0.138. The summed E-state index contributed by atoms with van der Waals surface area (Å²) in [6, 6.07) is 15.2. The molecule has 2 aromatic heterocycles. The first kappa shape index (κ1) is 26.7. The Balaban J connectivity index is 1.63. The number of carbonyl (C=O) groups excluding carboxylic acids is 1. The van der Waals surface area contributed by atoms with Crippen LogP contribution in [0.1, 0.15) is 24.3 Å². The van der Waals surface area contributed by atoms with Gasteiger partial charge in [0.1, 0.15) is 23.9 Å². The molecule has 1 aliphatic rings. The first-order valence-corrected chi connectivity index (χ1v) is 13.4. The third-order valence-corrected chi connectivity index (χ3v) is 7.92. The van der Waals surface area contributed by atoms with E-state index >= 15 is 0 Å². The van der Waals surface area contributed by atoms with Gasteiger partial charge in [-0.25, -0.2) is 9.79 Å². The van der Waals surface area contributed by atoms with Crippen molar-refractivity contribution >= 4 is 46.6 Å². The van der Waals surface area contributed by atoms with Crippen molar-refractivity contribution in [2.75, 3.05) is 13.7 Å². The van der Waals surface area contributed by atoms with Crippen LogP contribution in [0.4, 0.5) is 0 Å². The predicted octanol–water partition coefficient (Wildman–Crippen LogP) is 5.54. The van der Waals surface area contributed by atoms with E-state index in [1.165, 1.54) is 22.0 Å². The van der Waals surface area contributed by atoms with Crippen LogP contribution in [0.15, 0.2) is 92.7 Å². The van der Waals surface area contributed by atoms with Crippen LogP contribution in [0, 0.1) is 0 Å². The van der Waals surface area contributed by atoms with Crippen LogP contribution in [-0.2, 0) is 9.53 Å². The van der Waals surface area contributed by atoms with Gasteiger partial charge >= 0.3 is 5.97 Å². The highest BCUT2D eigenvalue weighted by molar-refractivity contribution is 7.07. The van der Waals surface area contributed by atoms with E-state index in [0.29, 0.717) is 53.5 Å². The van der Waals surface area contributed by atoms with E-state index in [0.717, 1.165) is 0 Å². The summed E-state index contributed by atoms with van der Waals surface area (Å²) >= 11 is 13.7. The van der Waals surface area contributed by atoms with E-state index in [9.17, 15) is 9.59 Å². The number of hydrogen-bond acceptors (Lipinski definition) is 7. The Bertz CT molecular complexity index is 1800.